The first kappa shape index (κ1) is 28.9. The maximum absolute atomic E-state index is 12.4. The van der Waals surface area contributed by atoms with Crippen LogP contribution >= 0.6 is 0 Å². The highest BCUT2D eigenvalue weighted by Crippen LogP contribution is 2.33. The summed E-state index contributed by atoms with van der Waals surface area (Å²) in [7, 11) is -6.22. The summed E-state index contributed by atoms with van der Waals surface area (Å²) in [4.78, 5) is 0.955. The van der Waals surface area contributed by atoms with Crippen LogP contribution in [-0.2, 0) is 19.7 Å². The van der Waals surface area contributed by atoms with Gasteiger partial charge in [0.25, 0.3) is 0 Å². The number of sulfone groups is 2. The molecule has 2 aromatic carbocycles. The monoisotopic (exact) mass is 532 g/mol. The lowest BCUT2D eigenvalue weighted by Gasteiger charge is -2.28. The largest absolute Gasteiger partial charge is 0.224 e. The van der Waals surface area contributed by atoms with Gasteiger partial charge in [-0.15, -0.1) is 0 Å². The molecule has 4 rings (SSSR count). The SMILES string of the molecule is Cc1ccc(S(=O)(=O)C[C@@H]2CCCC[C@H]2C)cc1.Cc1ccc(S(=O)(=O)C[C@H]2CCCC[C@@H]2C)cc1. The molecule has 2 saturated carbocycles. The van der Waals surface area contributed by atoms with Gasteiger partial charge in [0.1, 0.15) is 0 Å². The zero-order valence-electron chi connectivity index (χ0n) is 22.4. The van der Waals surface area contributed by atoms with Crippen LogP contribution in [0.3, 0.4) is 0 Å². The Morgan fingerprint density at radius 3 is 1.17 bits per heavy atom. The summed E-state index contributed by atoms with van der Waals surface area (Å²) in [6.45, 7) is 8.32. The topological polar surface area (TPSA) is 68.3 Å². The highest BCUT2D eigenvalue weighted by Gasteiger charge is 2.28. The number of rotatable bonds is 6. The Morgan fingerprint density at radius 1 is 0.556 bits per heavy atom. The molecule has 0 spiro atoms. The van der Waals surface area contributed by atoms with E-state index in [0.717, 1.165) is 24.0 Å². The first-order valence-electron chi connectivity index (χ1n) is 13.6. The number of aryl methyl sites for hydroxylation is 2. The second-order valence-electron chi connectivity index (χ2n) is 11.2. The molecule has 0 radical (unpaired) electrons. The molecule has 0 bridgehead atoms. The van der Waals surface area contributed by atoms with Gasteiger partial charge in [0.05, 0.1) is 21.3 Å². The van der Waals surface area contributed by atoms with Crippen molar-refractivity contribution in [2.24, 2.45) is 23.7 Å². The molecule has 0 unspecified atom stereocenters. The highest BCUT2D eigenvalue weighted by molar-refractivity contribution is 7.91. The smallest absolute Gasteiger partial charge is 0.178 e. The van der Waals surface area contributed by atoms with E-state index in [1.165, 1.54) is 38.5 Å². The predicted molar refractivity (Wildman–Crippen MR) is 149 cm³/mol. The Kier molecular flexibility index (Phi) is 10.2. The maximum atomic E-state index is 12.4. The Bertz CT molecular complexity index is 1070. The fourth-order valence-corrected chi connectivity index (χ4v) is 9.13. The van der Waals surface area contributed by atoms with Crippen molar-refractivity contribution in [1.82, 2.24) is 0 Å². The third-order valence-corrected chi connectivity index (χ3v) is 11.9. The zero-order chi connectivity index (χ0) is 26.3. The molecule has 4 nitrogen and oxygen atoms in total. The van der Waals surface area contributed by atoms with Gasteiger partial charge in [-0.3, -0.25) is 0 Å². The molecule has 0 N–H and O–H groups in total. The Morgan fingerprint density at radius 2 is 0.861 bits per heavy atom. The minimum absolute atomic E-state index is 0.317. The lowest BCUT2D eigenvalue weighted by Crippen LogP contribution is -2.25. The molecule has 2 aliphatic rings. The van der Waals surface area contributed by atoms with Gasteiger partial charge in [0, 0.05) is 0 Å². The third kappa shape index (κ3) is 8.17. The van der Waals surface area contributed by atoms with Crippen molar-refractivity contribution < 1.29 is 16.8 Å². The molecule has 2 aliphatic carbocycles. The predicted octanol–water partition coefficient (Wildman–Crippen LogP) is 7.19. The van der Waals surface area contributed by atoms with E-state index in [2.05, 4.69) is 13.8 Å². The van der Waals surface area contributed by atoms with Crippen LogP contribution in [0.5, 0.6) is 0 Å². The van der Waals surface area contributed by atoms with Crippen LogP contribution in [0.1, 0.15) is 76.3 Å². The van der Waals surface area contributed by atoms with E-state index in [0.29, 0.717) is 45.0 Å². The van der Waals surface area contributed by atoms with Crippen LogP contribution in [0.2, 0.25) is 0 Å². The summed E-state index contributed by atoms with van der Waals surface area (Å²) >= 11 is 0. The molecular weight excluding hydrogens is 488 g/mol. The third-order valence-electron chi connectivity index (χ3n) is 8.21. The summed E-state index contributed by atoms with van der Waals surface area (Å²) in [5, 5.41) is 0. The average Bonchev–Trinajstić information content (AvgIpc) is 2.83. The van der Waals surface area contributed by atoms with Gasteiger partial charge >= 0.3 is 0 Å². The minimum Gasteiger partial charge on any atom is -0.224 e. The van der Waals surface area contributed by atoms with Crippen molar-refractivity contribution in [2.45, 2.75) is 88.9 Å². The van der Waals surface area contributed by atoms with Gasteiger partial charge in [-0.2, -0.15) is 0 Å². The summed E-state index contributed by atoms with van der Waals surface area (Å²) < 4.78 is 49.4. The van der Waals surface area contributed by atoms with Gasteiger partial charge in [-0.05, 0) is 74.6 Å². The fraction of sp³-hybridized carbons (Fsp3) is 0.600. The van der Waals surface area contributed by atoms with Crippen molar-refractivity contribution in [2.75, 3.05) is 11.5 Å². The summed E-state index contributed by atoms with van der Waals surface area (Å²) in [6, 6.07) is 14.4. The number of hydrogen-bond acceptors (Lipinski definition) is 4. The molecule has 36 heavy (non-hydrogen) atoms. The molecule has 0 amide bonds. The molecule has 6 heteroatoms. The van der Waals surface area contributed by atoms with E-state index in [9.17, 15) is 16.8 Å². The highest BCUT2D eigenvalue weighted by atomic mass is 32.2. The van der Waals surface area contributed by atoms with Gasteiger partial charge in [0.2, 0.25) is 0 Å². The summed E-state index contributed by atoms with van der Waals surface area (Å²) in [5.41, 5.74) is 2.19. The maximum Gasteiger partial charge on any atom is 0.178 e. The van der Waals surface area contributed by atoms with E-state index in [1.54, 1.807) is 24.3 Å². The van der Waals surface area contributed by atoms with Crippen molar-refractivity contribution in [3.05, 3.63) is 59.7 Å². The van der Waals surface area contributed by atoms with Crippen LogP contribution in [0.4, 0.5) is 0 Å². The van der Waals surface area contributed by atoms with Gasteiger partial charge < -0.3 is 0 Å². The van der Waals surface area contributed by atoms with Crippen molar-refractivity contribution in [3.8, 4) is 0 Å². The molecule has 4 atom stereocenters. The van der Waals surface area contributed by atoms with Crippen molar-refractivity contribution >= 4 is 19.7 Å². The Balaban J connectivity index is 0.000000201. The Labute approximate surface area is 219 Å². The number of benzene rings is 2. The van der Waals surface area contributed by atoms with E-state index in [-0.39, 0.29) is 0 Å². The van der Waals surface area contributed by atoms with E-state index >= 15 is 0 Å². The molecule has 0 aliphatic heterocycles. The van der Waals surface area contributed by atoms with Crippen molar-refractivity contribution in [1.29, 1.82) is 0 Å². The van der Waals surface area contributed by atoms with Crippen LogP contribution in [-0.4, -0.2) is 28.3 Å². The molecule has 0 saturated heterocycles. The van der Waals surface area contributed by atoms with Crippen LogP contribution in [0, 0.1) is 37.5 Å². The van der Waals surface area contributed by atoms with E-state index in [1.807, 2.05) is 38.1 Å². The quantitative estimate of drug-likeness (QED) is 0.395. The molecule has 0 aromatic heterocycles. The molecule has 2 aromatic rings. The van der Waals surface area contributed by atoms with E-state index < -0.39 is 19.7 Å². The van der Waals surface area contributed by atoms with Crippen molar-refractivity contribution in [3.63, 3.8) is 0 Å². The fourth-order valence-electron chi connectivity index (χ4n) is 5.53. The van der Waals surface area contributed by atoms with Crippen LogP contribution in [0.25, 0.3) is 0 Å². The van der Waals surface area contributed by atoms with Crippen LogP contribution < -0.4 is 0 Å². The first-order valence-corrected chi connectivity index (χ1v) is 16.9. The summed E-state index contributed by atoms with van der Waals surface area (Å²) in [5.74, 6) is 2.39. The first-order chi connectivity index (χ1) is 17.0. The van der Waals surface area contributed by atoms with Gasteiger partial charge in [0.15, 0.2) is 19.7 Å². The molecule has 2 fully saturated rings. The minimum atomic E-state index is -3.11. The average molecular weight is 533 g/mol. The molecule has 0 heterocycles. The standard InChI is InChI=1S/2C15H22O2S/c2*1-12-7-9-15(10-8-12)18(16,17)11-14-6-4-3-5-13(14)2/h2*7-10,13-14H,3-6,11H2,1-2H3/t2*13-,14+/m10/s1. The van der Waals surface area contributed by atoms with E-state index in [4.69, 9.17) is 0 Å². The van der Waals surface area contributed by atoms with Crippen LogP contribution in [0.15, 0.2) is 58.3 Å². The normalized spacial score (nSPS) is 25.0. The number of hydrogen-bond donors (Lipinski definition) is 0. The van der Waals surface area contributed by atoms with Gasteiger partial charge in [-0.25, -0.2) is 16.8 Å². The molecular formula is C30H44O4S2. The zero-order valence-corrected chi connectivity index (χ0v) is 24.1. The Hall–Kier alpha value is -1.66. The summed E-state index contributed by atoms with van der Waals surface area (Å²) in [6.07, 6.45) is 9.34. The second-order valence-corrected chi connectivity index (χ2v) is 15.3. The molecule has 200 valence electrons. The lowest BCUT2D eigenvalue weighted by molar-refractivity contribution is 0.279. The van der Waals surface area contributed by atoms with Gasteiger partial charge in [-0.1, -0.05) is 87.8 Å². The lowest BCUT2D eigenvalue weighted by atomic mass is 9.82. The second kappa shape index (κ2) is 12.7.